The number of hydrogen-bond acceptors (Lipinski definition) is 4. The van der Waals surface area contributed by atoms with Gasteiger partial charge in [-0.3, -0.25) is 4.79 Å². The van der Waals surface area contributed by atoms with Crippen molar-refractivity contribution in [3.63, 3.8) is 0 Å². The number of amides is 1. The van der Waals surface area contributed by atoms with Crippen LogP contribution < -0.4 is 4.74 Å². The van der Waals surface area contributed by atoms with E-state index in [9.17, 15) is 9.90 Å². The molecule has 1 amide bonds. The van der Waals surface area contributed by atoms with Gasteiger partial charge in [-0.25, -0.2) is 0 Å². The molecule has 1 aromatic carbocycles. The van der Waals surface area contributed by atoms with Crippen molar-refractivity contribution in [2.75, 3.05) is 26.4 Å². The lowest BCUT2D eigenvalue weighted by Crippen LogP contribution is -2.48. The molecule has 5 nitrogen and oxygen atoms in total. The van der Waals surface area contributed by atoms with Crippen LogP contribution in [0.1, 0.15) is 6.92 Å². The van der Waals surface area contributed by atoms with E-state index in [1.54, 1.807) is 23.1 Å². The molecule has 1 N–H and O–H groups in total. The number of carbonyl (C=O) groups is 1. The molecule has 2 atom stereocenters. The Balaban J connectivity index is 1.96. The van der Waals surface area contributed by atoms with Crippen molar-refractivity contribution in [2.45, 2.75) is 19.1 Å². The molecule has 0 aromatic heterocycles. The molecule has 1 aliphatic rings. The summed E-state index contributed by atoms with van der Waals surface area (Å²) in [6, 6.07) is 4.47. The van der Waals surface area contributed by atoms with Gasteiger partial charge in [0.1, 0.15) is 5.75 Å². The van der Waals surface area contributed by atoms with E-state index in [0.29, 0.717) is 28.9 Å². The number of nitrogens with zero attached hydrogens (tertiary/aromatic N) is 1. The smallest absolute Gasteiger partial charge is 0.260 e. The maximum Gasteiger partial charge on any atom is 0.260 e. The van der Waals surface area contributed by atoms with Crippen LogP contribution >= 0.6 is 23.2 Å². The Labute approximate surface area is 133 Å². The third-order valence-electron chi connectivity index (χ3n) is 3.33. The van der Waals surface area contributed by atoms with E-state index in [1.807, 2.05) is 6.92 Å². The first-order valence-electron chi connectivity index (χ1n) is 6.66. The predicted molar refractivity (Wildman–Crippen MR) is 80.0 cm³/mol. The fourth-order valence-electron chi connectivity index (χ4n) is 2.24. The van der Waals surface area contributed by atoms with Crippen LogP contribution in [0.15, 0.2) is 18.2 Å². The molecule has 2 rings (SSSR count). The number of ether oxygens (including phenoxy) is 2. The first-order valence-corrected chi connectivity index (χ1v) is 7.41. The zero-order valence-electron chi connectivity index (χ0n) is 11.6. The van der Waals surface area contributed by atoms with Gasteiger partial charge >= 0.3 is 0 Å². The highest BCUT2D eigenvalue weighted by Crippen LogP contribution is 2.27. The number of aliphatic hydroxyl groups excluding tert-OH is 1. The van der Waals surface area contributed by atoms with Crippen LogP contribution in [0.2, 0.25) is 10.0 Å². The quantitative estimate of drug-likeness (QED) is 0.895. The van der Waals surface area contributed by atoms with Crippen LogP contribution in [0, 0.1) is 0 Å². The van der Waals surface area contributed by atoms with E-state index < -0.39 is 6.10 Å². The summed E-state index contributed by atoms with van der Waals surface area (Å²) in [4.78, 5) is 13.8. The largest absolute Gasteiger partial charge is 0.482 e. The van der Waals surface area contributed by atoms with Crippen LogP contribution in [0.4, 0.5) is 0 Å². The van der Waals surface area contributed by atoms with Crippen LogP contribution in [-0.4, -0.2) is 54.4 Å². The SMILES string of the molecule is CCN(C(=O)COc1ccc(Cl)cc1Cl)[C@H]1COC[C@@H]1O. The van der Waals surface area contributed by atoms with Crippen molar-refractivity contribution >= 4 is 29.1 Å². The molecule has 1 saturated heterocycles. The molecule has 0 aliphatic carbocycles. The van der Waals surface area contributed by atoms with Gasteiger partial charge in [0.15, 0.2) is 6.61 Å². The standard InChI is InChI=1S/C14H17Cl2NO4/c1-2-17(11-6-20-7-12(11)18)14(19)8-21-13-4-3-9(15)5-10(13)16/h3-5,11-12,18H,2,6-8H2,1H3/t11-,12-/m0/s1. The minimum Gasteiger partial charge on any atom is -0.482 e. The lowest BCUT2D eigenvalue weighted by atomic mass is 10.2. The van der Waals surface area contributed by atoms with Crippen molar-refractivity contribution in [1.82, 2.24) is 4.90 Å². The second-order valence-corrected chi connectivity index (χ2v) is 5.56. The highest BCUT2D eigenvalue weighted by Gasteiger charge is 2.33. The number of aliphatic hydroxyl groups is 1. The Bertz CT molecular complexity index is 512. The van der Waals surface area contributed by atoms with Gasteiger partial charge < -0.3 is 19.5 Å². The molecule has 1 aliphatic heterocycles. The summed E-state index contributed by atoms with van der Waals surface area (Å²) in [5.74, 6) is 0.173. The molecule has 0 radical (unpaired) electrons. The van der Waals surface area contributed by atoms with Crippen molar-refractivity contribution in [3.8, 4) is 5.75 Å². The molecule has 116 valence electrons. The maximum atomic E-state index is 12.2. The number of rotatable bonds is 5. The molecule has 0 unspecified atom stereocenters. The number of hydrogen-bond donors (Lipinski definition) is 1. The lowest BCUT2D eigenvalue weighted by Gasteiger charge is -2.28. The average Bonchev–Trinajstić information content (AvgIpc) is 2.85. The lowest BCUT2D eigenvalue weighted by molar-refractivity contribution is -0.137. The van der Waals surface area contributed by atoms with Gasteiger partial charge in [-0.1, -0.05) is 23.2 Å². The van der Waals surface area contributed by atoms with E-state index in [-0.39, 0.29) is 25.2 Å². The highest BCUT2D eigenvalue weighted by molar-refractivity contribution is 6.35. The number of carbonyl (C=O) groups excluding carboxylic acids is 1. The molecule has 0 saturated carbocycles. The molecular weight excluding hydrogens is 317 g/mol. The third kappa shape index (κ3) is 4.01. The van der Waals surface area contributed by atoms with E-state index in [1.165, 1.54) is 0 Å². The molecule has 0 spiro atoms. The van der Waals surface area contributed by atoms with E-state index in [2.05, 4.69) is 0 Å². The van der Waals surface area contributed by atoms with Crippen LogP contribution in [0.25, 0.3) is 0 Å². The normalized spacial score (nSPS) is 21.3. The first kappa shape index (κ1) is 16.4. The fourth-order valence-corrected chi connectivity index (χ4v) is 2.70. The van der Waals surface area contributed by atoms with E-state index >= 15 is 0 Å². The van der Waals surface area contributed by atoms with Gasteiger partial charge in [0.25, 0.3) is 5.91 Å². The van der Waals surface area contributed by atoms with Gasteiger partial charge in [0.05, 0.1) is 30.4 Å². The number of benzene rings is 1. The van der Waals surface area contributed by atoms with Crippen LogP contribution in [0.3, 0.4) is 0 Å². The fraction of sp³-hybridized carbons (Fsp3) is 0.500. The topological polar surface area (TPSA) is 59.0 Å². The predicted octanol–water partition coefficient (Wildman–Crippen LogP) is 1.98. The summed E-state index contributed by atoms with van der Waals surface area (Å²) in [5.41, 5.74) is 0. The second kappa shape index (κ2) is 7.31. The van der Waals surface area contributed by atoms with Gasteiger partial charge in [0, 0.05) is 11.6 Å². The molecule has 21 heavy (non-hydrogen) atoms. The summed E-state index contributed by atoms with van der Waals surface area (Å²) in [7, 11) is 0. The average molecular weight is 334 g/mol. The molecule has 1 heterocycles. The molecule has 1 fully saturated rings. The van der Waals surface area contributed by atoms with Gasteiger partial charge in [0.2, 0.25) is 0 Å². The van der Waals surface area contributed by atoms with Gasteiger partial charge in [-0.2, -0.15) is 0 Å². The van der Waals surface area contributed by atoms with E-state index in [0.717, 1.165) is 0 Å². The summed E-state index contributed by atoms with van der Waals surface area (Å²) < 4.78 is 10.6. The summed E-state index contributed by atoms with van der Waals surface area (Å²) in [6.07, 6.45) is -0.659. The first-order chi connectivity index (χ1) is 10.0. The Kier molecular flexibility index (Phi) is 5.70. The van der Waals surface area contributed by atoms with Crippen LogP contribution in [-0.2, 0) is 9.53 Å². The second-order valence-electron chi connectivity index (χ2n) is 4.72. The molecule has 1 aromatic rings. The number of halogens is 2. The van der Waals surface area contributed by atoms with Gasteiger partial charge in [-0.15, -0.1) is 0 Å². The highest BCUT2D eigenvalue weighted by atomic mass is 35.5. The zero-order valence-corrected chi connectivity index (χ0v) is 13.1. The van der Waals surface area contributed by atoms with Crippen molar-refractivity contribution in [3.05, 3.63) is 28.2 Å². The minimum absolute atomic E-state index is 0.154. The van der Waals surface area contributed by atoms with Crippen LogP contribution in [0.5, 0.6) is 5.75 Å². The Morgan fingerprint density at radius 3 is 2.81 bits per heavy atom. The summed E-state index contributed by atoms with van der Waals surface area (Å²) in [6.45, 7) is 2.75. The molecule has 7 heteroatoms. The van der Waals surface area contributed by atoms with Gasteiger partial charge in [-0.05, 0) is 25.1 Å². The van der Waals surface area contributed by atoms with E-state index in [4.69, 9.17) is 32.7 Å². The van der Waals surface area contributed by atoms with Crippen molar-refractivity contribution in [2.24, 2.45) is 0 Å². The zero-order chi connectivity index (χ0) is 15.4. The summed E-state index contributed by atoms with van der Waals surface area (Å²) in [5, 5.41) is 10.7. The maximum absolute atomic E-state index is 12.2. The molecule has 0 bridgehead atoms. The number of likely N-dealkylation sites (N-methyl/N-ethyl adjacent to an activating group) is 1. The monoisotopic (exact) mass is 333 g/mol. The minimum atomic E-state index is -0.659. The Morgan fingerprint density at radius 2 is 2.24 bits per heavy atom. The summed E-state index contributed by atoms with van der Waals surface area (Å²) >= 11 is 11.8. The van der Waals surface area contributed by atoms with Crippen molar-refractivity contribution in [1.29, 1.82) is 0 Å². The van der Waals surface area contributed by atoms with Crippen molar-refractivity contribution < 1.29 is 19.4 Å². The molecular formula is C14H17Cl2NO4. The Morgan fingerprint density at radius 1 is 1.48 bits per heavy atom. The Hall–Kier alpha value is -1.01. The third-order valence-corrected chi connectivity index (χ3v) is 3.86.